The summed E-state index contributed by atoms with van der Waals surface area (Å²) in [7, 11) is 0. The molecule has 176 valence electrons. The van der Waals surface area contributed by atoms with E-state index in [-0.39, 0.29) is 11.4 Å². The number of hydrogen-bond donors (Lipinski definition) is 1. The number of nitrogens with zero attached hydrogens (tertiary/aromatic N) is 3. The lowest BCUT2D eigenvalue weighted by atomic mass is 10.1. The fourth-order valence-electron chi connectivity index (χ4n) is 3.37. The molecule has 1 heterocycles. The normalized spacial score (nSPS) is 10.9. The molecule has 0 radical (unpaired) electrons. The van der Waals surface area contributed by atoms with Gasteiger partial charge in [-0.2, -0.15) is 5.10 Å². The van der Waals surface area contributed by atoms with Gasteiger partial charge in [0, 0.05) is 28.4 Å². The van der Waals surface area contributed by atoms with Crippen LogP contribution in [0.3, 0.4) is 0 Å². The minimum atomic E-state index is -0.705. The molecule has 0 unspecified atom stereocenters. The number of rotatable bonds is 8. The SMILES string of the molecule is Cc1nn(Cc2ccccc2Cl)c(C)c1/C=C/C(=O)OCC(=O)Nc1cccc([N+](=O)[O-])c1C. The van der Waals surface area contributed by atoms with Crippen molar-refractivity contribution in [1.82, 2.24) is 9.78 Å². The second-order valence-electron chi connectivity index (χ2n) is 7.53. The Labute approximate surface area is 201 Å². The van der Waals surface area contributed by atoms with Crippen molar-refractivity contribution in [2.24, 2.45) is 0 Å². The zero-order valence-corrected chi connectivity index (χ0v) is 19.6. The van der Waals surface area contributed by atoms with Crippen molar-refractivity contribution >= 4 is 40.9 Å². The van der Waals surface area contributed by atoms with Crippen LogP contribution in [0.4, 0.5) is 11.4 Å². The zero-order chi connectivity index (χ0) is 24.8. The maximum Gasteiger partial charge on any atom is 0.331 e. The van der Waals surface area contributed by atoms with E-state index in [0.717, 1.165) is 22.5 Å². The Balaban J connectivity index is 1.60. The molecule has 0 bridgehead atoms. The number of carbonyl (C=O) groups is 2. The van der Waals surface area contributed by atoms with Gasteiger partial charge in [-0.1, -0.05) is 35.9 Å². The van der Waals surface area contributed by atoms with Crippen LogP contribution in [0.25, 0.3) is 6.08 Å². The zero-order valence-electron chi connectivity index (χ0n) is 18.9. The first kappa shape index (κ1) is 24.7. The third-order valence-corrected chi connectivity index (χ3v) is 5.59. The fourth-order valence-corrected chi connectivity index (χ4v) is 3.57. The van der Waals surface area contributed by atoms with Gasteiger partial charge < -0.3 is 10.1 Å². The Morgan fingerprint density at radius 1 is 1.18 bits per heavy atom. The molecule has 0 aliphatic rings. The third-order valence-electron chi connectivity index (χ3n) is 5.22. The van der Waals surface area contributed by atoms with Gasteiger partial charge in [0.2, 0.25) is 0 Å². The van der Waals surface area contributed by atoms with Crippen LogP contribution in [0.5, 0.6) is 0 Å². The number of nitro benzene ring substituents is 1. The number of aryl methyl sites for hydroxylation is 1. The van der Waals surface area contributed by atoms with Gasteiger partial charge in [0.15, 0.2) is 6.61 Å². The summed E-state index contributed by atoms with van der Waals surface area (Å²) in [4.78, 5) is 34.7. The second-order valence-corrected chi connectivity index (χ2v) is 7.94. The van der Waals surface area contributed by atoms with Gasteiger partial charge in [0.25, 0.3) is 11.6 Å². The number of carbonyl (C=O) groups excluding carboxylic acids is 2. The highest BCUT2D eigenvalue weighted by molar-refractivity contribution is 6.31. The number of hydrogen-bond acceptors (Lipinski definition) is 6. The van der Waals surface area contributed by atoms with E-state index < -0.39 is 23.4 Å². The van der Waals surface area contributed by atoms with Crippen molar-refractivity contribution in [2.45, 2.75) is 27.3 Å². The number of esters is 1. The molecular formula is C24H23ClN4O5. The Kier molecular flexibility index (Phi) is 7.80. The van der Waals surface area contributed by atoms with Gasteiger partial charge in [-0.3, -0.25) is 19.6 Å². The Bertz CT molecular complexity index is 1280. The van der Waals surface area contributed by atoms with E-state index in [1.807, 2.05) is 38.1 Å². The van der Waals surface area contributed by atoms with Crippen molar-refractivity contribution in [3.05, 3.63) is 91.8 Å². The summed E-state index contributed by atoms with van der Waals surface area (Å²) in [5.74, 6) is -1.31. The molecule has 0 spiro atoms. The number of nitrogens with one attached hydrogen (secondary N) is 1. The number of benzene rings is 2. The Hall–Kier alpha value is -3.98. The van der Waals surface area contributed by atoms with Crippen LogP contribution in [0.2, 0.25) is 5.02 Å². The second kappa shape index (κ2) is 10.8. The van der Waals surface area contributed by atoms with E-state index in [1.165, 1.54) is 31.2 Å². The molecule has 0 aliphatic heterocycles. The lowest BCUT2D eigenvalue weighted by Gasteiger charge is -2.08. The van der Waals surface area contributed by atoms with Gasteiger partial charge in [-0.05, 0) is 44.5 Å². The molecule has 0 saturated carbocycles. The van der Waals surface area contributed by atoms with Crippen LogP contribution in [-0.4, -0.2) is 33.2 Å². The monoisotopic (exact) mass is 482 g/mol. The predicted octanol–water partition coefficient (Wildman–Crippen LogP) is 4.61. The van der Waals surface area contributed by atoms with Crippen LogP contribution in [0.1, 0.15) is 28.1 Å². The van der Waals surface area contributed by atoms with Gasteiger partial charge in [0.05, 0.1) is 28.4 Å². The molecule has 9 nitrogen and oxygen atoms in total. The van der Waals surface area contributed by atoms with Crippen LogP contribution < -0.4 is 5.32 Å². The number of anilines is 1. The topological polar surface area (TPSA) is 116 Å². The van der Waals surface area contributed by atoms with Crippen LogP contribution >= 0.6 is 11.6 Å². The third kappa shape index (κ3) is 5.87. The molecule has 1 N–H and O–H groups in total. The van der Waals surface area contributed by atoms with E-state index in [2.05, 4.69) is 10.4 Å². The lowest BCUT2D eigenvalue weighted by molar-refractivity contribution is -0.385. The highest BCUT2D eigenvalue weighted by atomic mass is 35.5. The first-order valence-corrected chi connectivity index (χ1v) is 10.7. The van der Waals surface area contributed by atoms with E-state index in [0.29, 0.717) is 17.1 Å². The van der Waals surface area contributed by atoms with Crippen molar-refractivity contribution in [3.8, 4) is 0 Å². The highest BCUT2D eigenvalue weighted by Crippen LogP contribution is 2.25. The summed E-state index contributed by atoms with van der Waals surface area (Å²) in [5.41, 5.74) is 3.75. The summed E-state index contributed by atoms with van der Waals surface area (Å²) < 4.78 is 6.80. The number of aromatic nitrogens is 2. The van der Waals surface area contributed by atoms with Gasteiger partial charge in [-0.15, -0.1) is 0 Å². The lowest BCUT2D eigenvalue weighted by Crippen LogP contribution is -2.20. The van der Waals surface area contributed by atoms with Crippen LogP contribution in [0, 0.1) is 30.9 Å². The van der Waals surface area contributed by atoms with Gasteiger partial charge in [0.1, 0.15) is 0 Å². The molecule has 0 atom stereocenters. The van der Waals surface area contributed by atoms with E-state index >= 15 is 0 Å². The molecule has 1 aromatic heterocycles. The van der Waals surface area contributed by atoms with E-state index in [4.69, 9.17) is 16.3 Å². The fraction of sp³-hybridized carbons (Fsp3) is 0.208. The quantitative estimate of drug-likeness (QED) is 0.217. The molecule has 3 aromatic rings. The first-order valence-electron chi connectivity index (χ1n) is 10.3. The number of halogens is 1. The summed E-state index contributed by atoms with van der Waals surface area (Å²) >= 11 is 6.24. The largest absolute Gasteiger partial charge is 0.452 e. The molecular weight excluding hydrogens is 460 g/mol. The summed E-state index contributed by atoms with van der Waals surface area (Å²) in [6.07, 6.45) is 2.81. The van der Waals surface area contributed by atoms with Crippen molar-refractivity contribution < 1.29 is 19.2 Å². The molecule has 0 fully saturated rings. The number of amides is 1. The predicted molar refractivity (Wildman–Crippen MR) is 129 cm³/mol. The Morgan fingerprint density at radius 3 is 2.62 bits per heavy atom. The van der Waals surface area contributed by atoms with E-state index in [9.17, 15) is 19.7 Å². The summed E-state index contributed by atoms with van der Waals surface area (Å²) in [6, 6.07) is 11.8. The van der Waals surface area contributed by atoms with E-state index in [1.54, 1.807) is 10.8 Å². The molecule has 1 amide bonds. The maximum atomic E-state index is 12.1. The average Bonchev–Trinajstić information content (AvgIpc) is 3.06. The molecule has 0 aliphatic carbocycles. The highest BCUT2D eigenvalue weighted by Gasteiger charge is 2.16. The van der Waals surface area contributed by atoms with Crippen LogP contribution in [-0.2, 0) is 20.9 Å². The maximum absolute atomic E-state index is 12.1. The molecule has 0 saturated heterocycles. The number of ether oxygens (including phenoxy) is 1. The molecule has 10 heteroatoms. The standard InChI is InChI=1S/C24H23ClN4O5/c1-15-21(9-6-10-22(15)29(32)33)26-23(30)14-34-24(31)12-11-19-16(2)27-28(17(19)3)13-18-7-4-5-8-20(18)25/h4-12H,13-14H2,1-3H3,(H,26,30)/b12-11+. The smallest absolute Gasteiger partial charge is 0.331 e. The Morgan fingerprint density at radius 2 is 1.91 bits per heavy atom. The van der Waals surface area contributed by atoms with Crippen molar-refractivity contribution in [1.29, 1.82) is 0 Å². The minimum Gasteiger partial charge on any atom is -0.452 e. The van der Waals surface area contributed by atoms with Crippen LogP contribution in [0.15, 0.2) is 48.5 Å². The van der Waals surface area contributed by atoms with Crippen molar-refractivity contribution in [2.75, 3.05) is 11.9 Å². The van der Waals surface area contributed by atoms with Gasteiger partial charge in [-0.25, -0.2) is 4.79 Å². The molecule has 3 rings (SSSR count). The summed E-state index contributed by atoms with van der Waals surface area (Å²) in [6.45, 7) is 5.20. The first-order chi connectivity index (χ1) is 16.2. The van der Waals surface area contributed by atoms with Gasteiger partial charge >= 0.3 is 5.97 Å². The minimum absolute atomic E-state index is 0.112. The average molecular weight is 483 g/mol. The van der Waals surface area contributed by atoms with Crippen molar-refractivity contribution in [3.63, 3.8) is 0 Å². The number of nitro groups is 1. The molecule has 2 aromatic carbocycles. The summed E-state index contributed by atoms with van der Waals surface area (Å²) in [5, 5.41) is 18.7. The molecule has 34 heavy (non-hydrogen) atoms.